The molecule has 0 aliphatic carbocycles. The van der Waals surface area contributed by atoms with Crippen LogP contribution in [0.3, 0.4) is 0 Å². The van der Waals surface area contributed by atoms with Crippen molar-refractivity contribution in [2.45, 2.75) is 19.3 Å². The fraction of sp³-hybridized carbons (Fsp3) is 0.300. The van der Waals surface area contributed by atoms with Gasteiger partial charge in [0.25, 0.3) is 0 Å². The second-order valence-electron chi connectivity index (χ2n) is 2.98. The Bertz CT molecular complexity index is 339. The summed E-state index contributed by atoms with van der Waals surface area (Å²) >= 11 is 3.28. The summed E-state index contributed by atoms with van der Waals surface area (Å²) in [5.74, 6) is -1.11. The third kappa shape index (κ3) is 3.46. The monoisotopic (exact) mass is 260 g/mol. The van der Waals surface area contributed by atoms with Crippen molar-refractivity contribution in [2.75, 3.05) is 0 Å². The van der Waals surface area contributed by atoms with Gasteiger partial charge in [-0.3, -0.25) is 4.79 Å². The van der Waals surface area contributed by atoms with Gasteiger partial charge in [0.1, 0.15) is 5.82 Å². The number of halogens is 2. The van der Waals surface area contributed by atoms with Crippen molar-refractivity contribution in [1.82, 2.24) is 0 Å². The summed E-state index contributed by atoms with van der Waals surface area (Å²) in [6, 6.07) is 4.42. The van der Waals surface area contributed by atoms with E-state index in [-0.39, 0.29) is 12.2 Å². The number of hydrogen-bond acceptors (Lipinski definition) is 1. The Kier molecular flexibility index (Phi) is 4.07. The highest BCUT2D eigenvalue weighted by Crippen LogP contribution is 2.19. The van der Waals surface area contributed by atoms with E-state index >= 15 is 0 Å². The largest absolute Gasteiger partial charge is 0.481 e. The molecule has 0 aliphatic heterocycles. The van der Waals surface area contributed by atoms with Crippen LogP contribution in [0.25, 0.3) is 0 Å². The Hall–Kier alpha value is -0.900. The number of aliphatic carboxylic acids is 1. The molecule has 0 spiro atoms. The van der Waals surface area contributed by atoms with E-state index in [9.17, 15) is 9.18 Å². The van der Waals surface area contributed by atoms with Crippen LogP contribution in [0.15, 0.2) is 22.7 Å². The molecule has 0 amide bonds. The first-order valence-electron chi connectivity index (χ1n) is 4.25. The fourth-order valence-electron chi connectivity index (χ4n) is 1.16. The molecule has 0 aliphatic rings. The van der Waals surface area contributed by atoms with Gasteiger partial charge in [0, 0.05) is 10.9 Å². The van der Waals surface area contributed by atoms with Gasteiger partial charge in [0.2, 0.25) is 0 Å². The van der Waals surface area contributed by atoms with Gasteiger partial charge in [0.05, 0.1) is 0 Å². The molecule has 0 heterocycles. The lowest BCUT2D eigenvalue weighted by molar-refractivity contribution is -0.137. The molecule has 1 N–H and O–H groups in total. The molecule has 4 heteroatoms. The molecule has 1 aromatic rings. The number of aryl methyl sites for hydroxylation is 1. The maximum absolute atomic E-state index is 12.8. The molecule has 76 valence electrons. The third-order valence-electron chi connectivity index (χ3n) is 1.84. The second-order valence-corrected chi connectivity index (χ2v) is 3.84. The van der Waals surface area contributed by atoms with E-state index < -0.39 is 5.97 Å². The van der Waals surface area contributed by atoms with Gasteiger partial charge in [-0.25, -0.2) is 4.39 Å². The average molecular weight is 261 g/mol. The normalized spacial score (nSPS) is 10.1. The van der Waals surface area contributed by atoms with Crippen molar-refractivity contribution in [3.05, 3.63) is 34.1 Å². The number of carboxylic acid groups (broad SMARTS) is 1. The molecule has 0 atom stereocenters. The van der Waals surface area contributed by atoms with E-state index in [0.717, 1.165) is 10.0 Å². The van der Waals surface area contributed by atoms with E-state index in [1.807, 2.05) is 0 Å². The van der Waals surface area contributed by atoms with Gasteiger partial charge in [-0.05, 0) is 36.6 Å². The quantitative estimate of drug-likeness (QED) is 0.904. The molecule has 14 heavy (non-hydrogen) atoms. The molecule has 0 radical (unpaired) electrons. The Morgan fingerprint density at radius 2 is 2.21 bits per heavy atom. The Morgan fingerprint density at radius 3 is 2.86 bits per heavy atom. The Morgan fingerprint density at radius 1 is 1.50 bits per heavy atom. The predicted molar refractivity (Wildman–Crippen MR) is 54.7 cm³/mol. The minimum atomic E-state index is -0.822. The lowest BCUT2D eigenvalue weighted by Crippen LogP contribution is -1.96. The van der Waals surface area contributed by atoms with Crippen molar-refractivity contribution in [3.8, 4) is 0 Å². The lowest BCUT2D eigenvalue weighted by Gasteiger charge is -2.02. The molecule has 1 aromatic carbocycles. The van der Waals surface area contributed by atoms with E-state index in [4.69, 9.17) is 5.11 Å². The number of benzene rings is 1. The summed E-state index contributed by atoms with van der Waals surface area (Å²) in [6.45, 7) is 0. The first-order chi connectivity index (χ1) is 6.59. The number of rotatable bonds is 4. The van der Waals surface area contributed by atoms with Crippen LogP contribution in [0.1, 0.15) is 18.4 Å². The standard InChI is InChI=1S/C10H10BrFO2/c11-9-5-4-8(12)6-7(9)2-1-3-10(13)14/h4-6H,1-3H2,(H,13,14). The minimum Gasteiger partial charge on any atom is -0.481 e. The number of carbonyl (C=O) groups is 1. The molecule has 0 aromatic heterocycles. The van der Waals surface area contributed by atoms with Gasteiger partial charge in [-0.2, -0.15) is 0 Å². The molecule has 0 unspecified atom stereocenters. The summed E-state index contributed by atoms with van der Waals surface area (Å²) in [6.07, 6.45) is 1.21. The molecular formula is C10H10BrFO2. The lowest BCUT2D eigenvalue weighted by atomic mass is 10.1. The van der Waals surface area contributed by atoms with Crippen LogP contribution < -0.4 is 0 Å². The van der Waals surface area contributed by atoms with Crippen LogP contribution in [0.4, 0.5) is 4.39 Å². The fourth-order valence-corrected chi connectivity index (χ4v) is 1.61. The molecule has 0 saturated carbocycles. The van der Waals surface area contributed by atoms with Crippen LogP contribution in [0.5, 0.6) is 0 Å². The van der Waals surface area contributed by atoms with Crippen molar-refractivity contribution in [2.24, 2.45) is 0 Å². The first kappa shape index (κ1) is 11.2. The zero-order chi connectivity index (χ0) is 10.6. The molecule has 0 saturated heterocycles. The van der Waals surface area contributed by atoms with Gasteiger partial charge in [-0.1, -0.05) is 15.9 Å². The summed E-state index contributed by atoms with van der Waals surface area (Å²) in [7, 11) is 0. The second kappa shape index (κ2) is 5.10. The van der Waals surface area contributed by atoms with Gasteiger partial charge in [-0.15, -0.1) is 0 Å². The highest BCUT2D eigenvalue weighted by atomic mass is 79.9. The zero-order valence-corrected chi connectivity index (χ0v) is 9.05. The van der Waals surface area contributed by atoms with Crippen LogP contribution in [0, 0.1) is 5.82 Å². The summed E-state index contributed by atoms with van der Waals surface area (Å²) in [4.78, 5) is 10.3. The van der Waals surface area contributed by atoms with Crippen molar-refractivity contribution in [3.63, 3.8) is 0 Å². The maximum atomic E-state index is 12.8. The zero-order valence-electron chi connectivity index (χ0n) is 7.46. The van der Waals surface area contributed by atoms with E-state index in [2.05, 4.69) is 15.9 Å². The van der Waals surface area contributed by atoms with Gasteiger partial charge in [0.15, 0.2) is 0 Å². The van der Waals surface area contributed by atoms with Crippen LogP contribution in [-0.2, 0) is 11.2 Å². The van der Waals surface area contributed by atoms with Crippen LogP contribution in [0.2, 0.25) is 0 Å². The van der Waals surface area contributed by atoms with Crippen molar-refractivity contribution in [1.29, 1.82) is 0 Å². The van der Waals surface area contributed by atoms with Crippen molar-refractivity contribution < 1.29 is 14.3 Å². The van der Waals surface area contributed by atoms with Crippen LogP contribution in [-0.4, -0.2) is 11.1 Å². The van der Waals surface area contributed by atoms with Crippen molar-refractivity contribution >= 4 is 21.9 Å². The SMILES string of the molecule is O=C(O)CCCc1cc(F)ccc1Br. The Balaban J connectivity index is 2.57. The molecule has 0 bridgehead atoms. The third-order valence-corrected chi connectivity index (χ3v) is 2.62. The first-order valence-corrected chi connectivity index (χ1v) is 5.04. The molecule has 1 rings (SSSR count). The summed E-state index contributed by atoms with van der Waals surface area (Å²) in [5.41, 5.74) is 0.811. The highest BCUT2D eigenvalue weighted by Gasteiger charge is 2.03. The summed E-state index contributed by atoms with van der Waals surface area (Å²) in [5, 5.41) is 8.43. The number of hydrogen-bond donors (Lipinski definition) is 1. The highest BCUT2D eigenvalue weighted by molar-refractivity contribution is 9.10. The minimum absolute atomic E-state index is 0.114. The maximum Gasteiger partial charge on any atom is 0.303 e. The topological polar surface area (TPSA) is 37.3 Å². The number of carboxylic acids is 1. The smallest absolute Gasteiger partial charge is 0.303 e. The molecular weight excluding hydrogens is 251 g/mol. The summed E-state index contributed by atoms with van der Waals surface area (Å²) < 4.78 is 13.6. The molecule has 0 fully saturated rings. The molecule has 2 nitrogen and oxygen atoms in total. The van der Waals surface area contributed by atoms with Gasteiger partial charge < -0.3 is 5.11 Å². The Labute approximate surface area is 89.9 Å². The van der Waals surface area contributed by atoms with E-state index in [1.165, 1.54) is 12.1 Å². The average Bonchev–Trinajstić information content (AvgIpc) is 2.10. The van der Waals surface area contributed by atoms with Crippen LogP contribution >= 0.6 is 15.9 Å². The van der Waals surface area contributed by atoms with Gasteiger partial charge >= 0.3 is 5.97 Å². The van der Waals surface area contributed by atoms with E-state index in [1.54, 1.807) is 6.07 Å². The van der Waals surface area contributed by atoms with E-state index in [0.29, 0.717) is 12.8 Å². The predicted octanol–water partition coefficient (Wildman–Crippen LogP) is 3.00.